The van der Waals surface area contributed by atoms with Gasteiger partial charge in [-0.05, 0) is 12.3 Å². The molecule has 88 valence electrons. The van der Waals surface area contributed by atoms with Crippen molar-refractivity contribution >= 4 is 21.8 Å². The van der Waals surface area contributed by atoms with Crippen molar-refractivity contribution in [2.75, 3.05) is 13.1 Å². The van der Waals surface area contributed by atoms with Gasteiger partial charge >= 0.3 is 0 Å². The third-order valence-electron chi connectivity index (χ3n) is 3.08. The number of hydrogen-bond acceptors (Lipinski definition) is 2. The van der Waals surface area contributed by atoms with Crippen LogP contribution in [0.15, 0.2) is 12.5 Å². The Morgan fingerprint density at radius 2 is 2.38 bits per heavy atom. The van der Waals surface area contributed by atoms with Gasteiger partial charge in [-0.1, -0.05) is 22.9 Å². The maximum absolute atomic E-state index is 12.1. The summed E-state index contributed by atoms with van der Waals surface area (Å²) in [4.78, 5) is 18.5. The van der Waals surface area contributed by atoms with Crippen molar-refractivity contribution in [1.82, 2.24) is 14.5 Å². The molecule has 1 saturated heterocycles. The molecule has 0 radical (unpaired) electrons. The Morgan fingerprint density at radius 3 is 2.94 bits per heavy atom. The van der Waals surface area contributed by atoms with E-state index >= 15 is 0 Å². The first-order valence-electron chi connectivity index (χ1n) is 5.49. The first kappa shape index (κ1) is 11.6. The van der Waals surface area contributed by atoms with Gasteiger partial charge in [0.05, 0.1) is 6.33 Å². The fourth-order valence-electron chi connectivity index (χ4n) is 1.89. The highest BCUT2D eigenvalue weighted by Gasteiger charge is 2.28. The number of piperidine rings is 1. The van der Waals surface area contributed by atoms with Crippen LogP contribution >= 0.6 is 15.9 Å². The minimum Gasteiger partial charge on any atom is -0.340 e. The number of carbonyl (C=O) groups is 1. The van der Waals surface area contributed by atoms with Gasteiger partial charge in [-0.2, -0.15) is 0 Å². The fourth-order valence-corrected chi connectivity index (χ4v) is 2.51. The van der Waals surface area contributed by atoms with Crippen LogP contribution in [0.2, 0.25) is 0 Å². The first-order chi connectivity index (χ1) is 7.58. The van der Waals surface area contributed by atoms with E-state index in [-0.39, 0.29) is 5.91 Å². The minimum absolute atomic E-state index is 0.0388. The molecule has 2 heterocycles. The first-order valence-corrected chi connectivity index (χ1v) is 6.41. The molecular weight excluding hydrogens is 270 g/mol. The third kappa shape index (κ3) is 2.29. The number of carbonyl (C=O) groups excluding carboxylic acids is 1. The van der Waals surface area contributed by atoms with E-state index in [1.165, 1.54) is 0 Å². The highest BCUT2D eigenvalue weighted by Crippen LogP contribution is 2.24. The molecule has 0 bridgehead atoms. The van der Waals surface area contributed by atoms with Gasteiger partial charge in [-0.3, -0.25) is 4.79 Å². The SMILES string of the molecule is CC1CCN(C(=O)c2cn(C)cn2)CC1Br. The molecular formula is C11H16BrN3O. The summed E-state index contributed by atoms with van der Waals surface area (Å²) >= 11 is 3.62. The van der Waals surface area contributed by atoms with Gasteiger partial charge in [0.2, 0.25) is 0 Å². The number of hydrogen-bond donors (Lipinski definition) is 0. The Kier molecular flexibility index (Phi) is 3.33. The zero-order chi connectivity index (χ0) is 11.7. The van der Waals surface area contributed by atoms with Crippen LogP contribution in [0, 0.1) is 5.92 Å². The molecule has 1 amide bonds. The number of aromatic nitrogens is 2. The van der Waals surface area contributed by atoms with Gasteiger partial charge in [-0.15, -0.1) is 0 Å². The summed E-state index contributed by atoms with van der Waals surface area (Å²) < 4.78 is 1.80. The van der Waals surface area contributed by atoms with E-state index in [1.54, 1.807) is 17.1 Å². The van der Waals surface area contributed by atoms with E-state index < -0.39 is 0 Å². The molecule has 2 rings (SSSR count). The van der Waals surface area contributed by atoms with Gasteiger partial charge in [0, 0.05) is 31.2 Å². The zero-order valence-electron chi connectivity index (χ0n) is 9.56. The molecule has 1 aromatic heterocycles. The monoisotopic (exact) mass is 285 g/mol. The average molecular weight is 286 g/mol. The minimum atomic E-state index is 0.0388. The zero-order valence-corrected chi connectivity index (χ0v) is 11.1. The van der Waals surface area contributed by atoms with Crippen LogP contribution in [0.4, 0.5) is 0 Å². The highest BCUT2D eigenvalue weighted by atomic mass is 79.9. The van der Waals surface area contributed by atoms with Crippen molar-refractivity contribution in [3.63, 3.8) is 0 Å². The molecule has 16 heavy (non-hydrogen) atoms. The number of rotatable bonds is 1. The average Bonchev–Trinajstić information content (AvgIpc) is 2.68. The van der Waals surface area contributed by atoms with Gasteiger partial charge in [-0.25, -0.2) is 4.98 Å². The second-order valence-electron chi connectivity index (χ2n) is 4.46. The van der Waals surface area contributed by atoms with Crippen molar-refractivity contribution in [1.29, 1.82) is 0 Å². The van der Waals surface area contributed by atoms with E-state index in [4.69, 9.17) is 0 Å². The Morgan fingerprint density at radius 1 is 1.62 bits per heavy atom. The van der Waals surface area contributed by atoms with E-state index in [9.17, 15) is 4.79 Å². The lowest BCUT2D eigenvalue weighted by molar-refractivity contribution is 0.0700. The quantitative estimate of drug-likeness (QED) is 0.736. The normalized spacial score (nSPS) is 25.8. The Hall–Kier alpha value is -0.840. The van der Waals surface area contributed by atoms with E-state index in [1.807, 2.05) is 11.9 Å². The lowest BCUT2D eigenvalue weighted by atomic mass is 9.99. The molecule has 1 fully saturated rings. The molecule has 2 atom stereocenters. The molecule has 0 aliphatic carbocycles. The fraction of sp³-hybridized carbons (Fsp3) is 0.636. The van der Waals surface area contributed by atoms with Gasteiger partial charge < -0.3 is 9.47 Å². The molecule has 1 aliphatic rings. The second kappa shape index (κ2) is 4.57. The number of alkyl halides is 1. The van der Waals surface area contributed by atoms with Crippen LogP contribution < -0.4 is 0 Å². The maximum atomic E-state index is 12.1. The number of amides is 1. The van der Waals surface area contributed by atoms with Crippen molar-refractivity contribution in [2.45, 2.75) is 18.2 Å². The molecule has 0 spiro atoms. The molecule has 2 unspecified atom stereocenters. The van der Waals surface area contributed by atoms with E-state index in [0.717, 1.165) is 19.5 Å². The number of halogens is 1. The van der Waals surface area contributed by atoms with Crippen LogP contribution in [0.3, 0.4) is 0 Å². The summed E-state index contributed by atoms with van der Waals surface area (Å²) in [5.41, 5.74) is 0.539. The Labute approximate surface area is 104 Å². The summed E-state index contributed by atoms with van der Waals surface area (Å²) in [5.74, 6) is 0.671. The number of likely N-dealkylation sites (tertiary alicyclic amines) is 1. The Bertz CT molecular complexity index is 390. The number of imidazole rings is 1. The number of aryl methyl sites for hydroxylation is 1. The van der Waals surface area contributed by atoms with Crippen molar-refractivity contribution < 1.29 is 4.79 Å². The summed E-state index contributed by atoms with van der Waals surface area (Å²) in [5, 5.41) is 0. The smallest absolute Gasteiger partial charge is 0.274 e. The Balaban J connectivity index is 2.06. The van der Waals surface area contributed by atoms with Crippen molar-refractivity contribution in [2.24, 2.45) is 13.0 Å². The summed E-state index contributed by atoms with van der Waals surface area (Å²) in [6.07, 6.45) is 4.48. The van der Waals surface area contributed by atoms with Crippen molar-refractivity contribution in [3.05, 3.63) is 18.2 Å². The van der Waals surface area contributed by atoms with Crippen LogP contribution in [-0.2, 0) is 7.05 Å². The summed E-state index contributed by atoms with van der Waals surface area (Å²) in [7, 11) is 1.87. The molecule has 0 N–H and O–H groups in total. The van der Waals surface area contributed by atoms with E-state index in [2.05, 4.69) is 27.8 Å². The standard InChI is InChI=1S/C11H16BrN3O/c1-8-3-4-15(5-9(8)12)11(16)10-6-14(2)7-13-10/h6-9H,3-5H2,1-2H3. The van der Waals surface area contributed by atoms with Gasteiger partial charge in [0.1, 0.15) is 5.69 Å². The van der Waals surface area contributed by atoms with Gasteiger partial charge in [0.15, 0.2) is 0 Å². The van der Waals surface area contributed by atoms with Crippen LogP contribution in [0.1, 0.15) is 23.8 Å². The van der Waals surface area contributed by atoms with E-state index in [0.29, 0.717) is 16.4 Å². The predicted molar refractivity (Wildman–Crippen MR) is 65.6 cm³/mol. The molecule has 4 nitrogen and oxygen atoms in total. The van der Waals surface area contributed by atoms with Crippen LogP contribution in [0.25, 0.3) is 0 Å². The largest absolute Gasteiger partial charge is 0.340 e. The third-order valence-corrected chi connectivity index (χ3v) is 4.27. The lowest BCUT2D eigenvalue weighted by Gasteiger charge is -2.33. The molecule has 1 aromatic rings. The molecule has 1 aliphatic heterocycles. The molecule has 5 heteroatoms. The molecule has 0 saturated carbocycles. The van der Waals surface area contributed by atoms with Gasteiger partial charge in [0.25, 0.3) is 5.91 Å². The maximum Gasteiger partial charge on any atom is 0.274 e. The number of nitrogens with zero attached hydrogens (tertiary/aromatic N) is 3. The lowest BCUT2D eigenvalue weighted by Crippen LogP contribution is -2.43. The summed E-state index contributed by atoms with van der Waals surface area (Å²) in [6, 6.07) is 0. The second-order valence-corrected chi connectivity index (χ2v) is 5.63. The molecule has 0 aromatic carbocycles. The topological polar surface area (TPSA) is 38.1 Å². The highest BCUT2D eigenvalue weighted by molar-refractivity contribution is 9.09. The van der Waals surface area contributed by atoms with Crippen LogP contribution in [-0.4, -0.2) is 38.3 Å². The summed E-state index contributed by atoms with van der Waals surface area (Å²) in [6.45, 7) is 3.82. The predicted octanol–water partition coefficient (Wildman–Crippen LogP) is 1.67. The van der Waals surface area contributed by atoms with Crippen molar-refractivity contribution in [3.8, 4) is 0 Å². The van der Waals surface area contributed by atoms with Crippen LogP contribution in [0.5, 0.6) is 0 Å².